The van der Waals surface area contributed by atoms with E-state index in [0.29, 0.717) is 0 Å². The predicted molar refractivity (Wildman–Crippen MR) is 44.4 cm³/mol. The topological polar surface area (TPSA) is 12.9 Å². The summed E-state index contributed by atoms with van der Waals surface area (Å²) in [6.07, 6.45) is 7.07. The average molecular weight is 131 g/mol. The molecule has 0 aliphatic rings. The highest BCUT2D eigenvalue weighted by Gasteiger charge is 1.90. The lowest BCUT2D eigenvalue weighted by Crippen LogP contribution is -1.79. The second kappa shape index (κ2) is 2.97. The minimum absolute atomic E-state index is 1.03. The molecule has 1 aromatic heterocycles. The molecule has 0 aliphatic carbocycles. The van der Waals surface area contributed by atoms with E-state index in [0.717, 1.165) is 11.1 Å². The van der Waals surface area contributed by atoms with E-state index in [9.17, 15) is 0 Å². The molecular formula is C9H9N. The highest BCUT2D eigenvalue weighted by molar-refractivity contribution is 5.62. The van der Waals surface area contributed by atoms with Crippen LogP contribution in [0, 0.1) is 0 Å². The van der Waals surface area contributed by atoms with Gasteiger partial charge in [0.2, 0.25) is 0 Å². The Morgan fingerprint density at radius 3 is 2.40 bits per heavy atom. The van der Waals surface area contributed by atoms with Gasteiger partial charge in [0, 0.05) is 12.4 Å². The van der Waals surface area contributed by atoms with Gasteiger partial charge in [-0.15, -0.1) is 0 Å². The molecule has 0 N–H and O–H groups in total. The van der Waals surface area contributed by atoms with Gasteiger partial charge in [-0.25, -0.2) is 0 Å². The molecule has 0 amide bonds. The summed E-state index contributed by atoms with van der Waals surface area (Å²) in [5.74, 6) is 0. The van der Waals surface area contributed by atoms with Crippen LogP contribution in [0.15, 0.2) is 31.6 Å². The normalized spacial score (nSPS) is 8.80. The third-order valence-electron chi connectivity index (χ3n) is 1.33. The Morgan fingerprint density at radius 1 is 1.20 bits per heavy atom. The van der Waals surface area contributed by atoms with Crippen molar-refractivity contribution in [2.45, 2.75) is 0 Å². The number of rotatable bonds is 2. The first-order chi connectivity index (χ1) is 4.88. The van der Waals surface area contributed by atoms with Crippen LogP contribution in [-0.2, 0) is 0 Å². The Labute approximate surface area is 60.7 Å². The zero-order chi connectivity index (χ0) is 7.40. The average Bonchev–Trinajstić information content (AvgIpc) is 2.04. The molecule has 0 unspecified atom stereocenters. The zero-order valence-corrected chi connectivity index (χ0v) is 5.75. The lowest BCUT2D eigenvalue weighted by molar-refractivity contribution is 1.31. The molecule has 0 aromatic carbocycles. The molecule has 0 atom stereocenters. The van der Waals surface area contributed by atoms with Crippen molar-refractivity contribution < 1.29 is 0 Å². The van der Waals surface area contributed by atoms with Gasteiger partial charge in [0.25, 0.3) is 0 Å². The van der Waals surface area contributed by atoms with Crippen molar-refractivity contribution >= 4 is 12.2 Å². The summed E-state index contributed by atoms with van der Waals surface area (Å²) in [4.78, 5) is 3.95. The van der Waals surface area contributed by atoms with Gasteiger partial charge in [0.1, 0.15) is 0 Å². The largest absolute Gasteiger partial charge is 0.264 e. The number of hydrogen-bond acceptors (Lipinski definition) is 1. The third kappa shape index (κ3) is 1.13. The molecule has 1 aromatic rings. The minimum atomic E-state index is 1.03. The Morgan fingerprint density at radius 2 is 1.90 bits per heavy atom. The van der Waals surface area contributed by atoms with Crippen LogP contribution >= 0.6 is 0 Å². The van der Waals surface area contributed by atoms with E-state index >= 15 is 0 Å². The molecule has 0 spiro atoms. The molecule has 1 rings (SSSR count). The predicted octanol–water partition coefficient (Wildman–Crippen LogP) is 2.37. The maximum Gasteiger partial charge on any atom is 0.0346 e. The first-order valence-electron chi connectivity index (χ1n) is 3.07. The molecule has 10 heavy (non-hydrogen) atoms. The van der Waals surface area contributed by atoms with Crippen LogP contribution in [0.3, 0.4) is 0 Å². The molecular weight excluding hydrogens is 122 g/mol. The fourth-order valence-corrected chi connectivity index (χ4v) is 0.774. The van der Waals surface area contributed by atoms with E-state index in [-0.39, 0.29) is 0 Å². The summed E-state index contributed by atoms with van der Waals surface area (Å²) >= 11 is 0. The van der Waals surface area contributed by atoms with Crippen molar-refractivity contribution in [2.75, 3.05) is 0 Å². The van der Waals surface area contributed by atoms with Crippen molar-refractivity contribution in [3.05, 3.63) is 42.7 Å². The van der Waals surface area contributed by atoms with Gasteiger partial charge in [-0.3, -0.25) is 4.98 Å². The van der Waals surface area contributed by atoms with Crippen molar-refractivity contribution in [2.24, 2.45) is 0 Å². The van der Waals surface area contributed by atoms with Crippen molar-refractivity contribution in [3.63, 3.8) is 0 Å². The number of hydrogen-bond donors (Lipinski definition) is 0. The van der Waals surface area contributed by atoms with Gasteiger partial charge in [0.15, 0.2) is 0 Å². The standard InChI is InChI=1S/C9H9N/c1-3-8-5-6-10-7-9(8)4-2/h3-7H,1-2H2. The van der Waals surface area contributed by atoms with Crippen molar-refractivity contribution in [3.8, 4) is 0 Å². The molecule has 1 nitrogen and oxygen atoms in total. The number of pyridine rings is 1. The maximum atomic E-state index is 3.95. The second-order valence-electron chi connectivity index (χ2n) is 1.91. The van der Waals surface area contributed by atoms with Gasteiger partial charge in [-0.05, 0) is 17.2 Å². The van der Waals surface area contributed by atoms with Gasteiger partial charge >= 0.3 is 0 Å². The molecule has 0 saturated heterocycles. The first-order valence-corrected chi connectivity index (χ1v) is 3.07. The van der Waals surface area contributed by atoms with E-state index in [1.54, 1.807) is 24.5 Å². The van der Waals surface area contributed by atoms with Gasteiger partial charge in [0.05, 0.1) is 0 Å². The Balaban J connectivity index is 3.20. The maximum absolute atomic E-state index is 3.95. The van der Waals surface area contributed by atoms with Crippen LogP contribution in [0.25, 0.3) is 12.2 Å². The Hall–Kier alpha value is -1.37. The van der Waals surface area contributed by atoms with E-state index in [1.165, 1.54) is 0 Å². The summed E-state index contributed by atoms with van der Waals surface area (Å²) in [7, 11) is 0. The molecule has 0 aliphatic heterocycles. The van der Waals surface area contributed by atoms with E-state index in [2.05, 4.69) is 18.1 Å². The molecule has 0 saturated carbocycles. The smallest absolute Gasteiger partial charge is 0.0346 e. The highest BCUT2D eigenvalue weighted by Crippen LogP contribution is 2.08. The Bertz CT molecular complexity index is 224. The summed E-state index contributed by atoms with van der Waals surface area (Å²) in [6, 6.07) is 1.91. The van der Waals surface area contributed by atoms with E-state index in [4.69, 9.17) is 0 Å². The Kier molecular flexibility index (Phi) is 2.00. The zero-order valence-electron chi connectivity index (χ0n) is 5.75. The van der Waals surface area contributed by atoms with Gasteiger partial charge in [-0.1, -0.05) is 25.3 Å². The fraction of sp³-hybridized carbons (Fsp3) is 0. The van der Waals surface area contributed by atoms with Crippen LogP contribution in [0.1, 0.15) is 11.1 Å². The summed E-state index contributed by atoms with van der Waals surface area (Å²) in [6.45, 7) is 7.32. The van der Waals surface area contributed by atoms with Crippen LogP contribution in [0.2, 0.25) is 0 Å². The van der Waals surface area contributed by atoms with Crippen LogP contribution in [0.5, 0.6) is 0 Å². The number of nitrogens with zero attached hydrogens (tertiary/aromatic N) is 1. The van der Waals surface area contributed by atoms with E-state index < -0.39 is 0 Å². The lowest BCUT2D eigenvalue weighted by atomic mass is 10.1. The van der Waals surface area contributed by atoms with Gasteiger partial charge in [-0.2, -0.15) is 0 Å². The molecule has 50 valence electrons. The second-order valence-corrected chi connectivity index (χ2v) is 1.91. The van der Waals surface area contributed by atoms with E-state index in [1.807, 2.05) is 6.07 Å². The van der Waals surface area contributed by atoms with Crippen molar-refractivity contribution in [1.82, 2.24) is 4.98 Å². The van der Waals surface area contributed by atoms with Crippen LogP contribution in [-0.4, -0.2) is 4.98 Å². The highest BCUT2D eigenvalue weighted by atomic mass is 14.6. The molecule has 1 heteroatoms. The summed E-state index contributed by atoms with van der Waals surface area (Å²) < 4.78 is 0. The first kappa shape index (κ1) is 6.75. The quantitative estimate of drug-likeness (QED) is 0.600. The minimum Gasteiger partial charge on any atom is -0.264 e. The lowest BCUT2D eigenvalue weighted by Gasteiger charge is -1.95. The van der Waals surface area contributed by atoms with Crippen molar-refractivity contribution in [1.29, 1.82) is 0 Å². The fourth-order valence-electron chi connectivity index (χ4n) is 0.774. The monoisotopic (exact) mass is 131 g/mol. The third-order valence-corrected chi connectivity index (χ3v) is 1.33. The molecule has 0 radical (unpaired) electrons. The summed E-state index contributed by atoms with van der Waals surface area (Å²) in [5.41, 5.74) is 2.10. The molecule has 0 bridgehead atoms. The van der Waals surface area contributed by atoms with Gasteiger partial charge < -0.3 is 0 Å². The molecule has 0 fully saturated rings. The SMILES string of the molecule is C=Cc1ccncc1C=C. The number of aromatic nitrogens is 1. The molecule has 1 heterocycles. The van der Waals surface area contributed by atoms with Crippen LogP contribution < -0.4 is 0 Å². The van der Waals surface area contributed by atoms with Crippen LogP contribution in [0.4, 0.5) is 0 Å². The summed E-state index contributed by atoms with van der Waals surface area (Å²) in [5, 5.41) is 0.